The fourth-order valence-electron chi connectivity index (χ4n) is 3.17. The fourth-order valence-corrected chi connectivity index (χ4v) is 3.17. The van der Waals surface area contributed by atoms with Crippen molar-refractivity contribution >= 4 is 11.6 Å². The molecule has 0 aliphatic carbocycles. The Balaban J connectivity index is 1.85. The monoisotopic (exact) mass is 287 g/mol. The zero-order valence-corrected chi connectivity index (χ0v) is 12.6. The molecule has 0 N–H and O–H groups in total. The SMILES string of the molecule is COC(=O)c1cccn2cc(CC3CCCN(C)C3)nc12. The smallest absolute Gasteiger partial charge is 0.341 e. The second-order valence-electron chi connectivity index (χ2n) is 5.85. The molecule has 5 heteroatoms. The third-order valence-corrected chi connectivity index (χ3v) is 4.16. The average molecular weight is 287 g/mol. The molecule has 0 bridgehead atoms. The van der Waals surface area contributed by atoms with Crippen LogP contribution >= 0.6 is 0 Å². The molecule has 1 aliphatic rings. The number of carbonyl (C=O) groups is 1. The molecular formula is C16H21N3O2. The molecule has 2 aromatic heterocycles. The lowest BCUT2D eigenvalue weighted by molar-refractivity contribution is 0.0602. The Morgan fingerprint density at radius 3 is 3.14 bits per heavy atom. The van der Waals surface area contributed by atoms with Crippen molar-refractivity contribution in [1.82, 2.24) is 14.3 Å². The van der Waals surface area contributed by atoms with Gasteiger partial charge >= 0.3 is 5.97 Å². The summed E-state index contributed by atoms with van der Waals surface area (Å²) in [6.45, 7) is 2.31. The van der Waals surface area contributed by atoms with Gasteiger partial charge in [-0.25, -0.2) is 9.78 Å². The minimum atomic E-state index is -0.338. The maximum atomic E-state index is 11.8. The van der Waals surface area contributed by atoms with Crippen molar-refractivity contribution in [2.45, 2.75) is 19.3 Å². The van der Waals surface area contributed by atoms with Gasteiger partial charge in [-0.3, -0.25) is 0 Å². The zero-order chi connectivity index (χ0) is 14.8. The van der Waals surface area contributed by atoms with Crippen LogP contribution in [0, 0.1) is 5.92 Å². The van der Waals surface area contributed by atoms with E-state index in [9.17, 15) is 4.79 Å². The van der Waals surface area contributed by atoms with Gasteiger partial charge in [-0.15, -0.1) is 0 Å². The number of rotatable bonds is 3. The highest BCUT2D eigenvalue weighted by Crippen LogP contribution is 2.21. The number of likely N-dealkylation sites (tertiary alicyclic amines) is 1. The molecule has 112 valence electrons. The third kappa shape index (κ3) is 2.93. The Morgan fingerprint density at radius 1 is 1.52 bits per heavy atom. The molecule has 1 fully saturated rings. The highest BCUT2D eigenvalue weighted by Gasteiger charge is 2.20. The van der Waals surface area contributed by atoms with E-state index in [0.29, 0.717) is 17.1 Å². The molecule has 0 spiro atoms. The average Bonchev–Trinajstić information content (AvgIpc) is 2.88. The molecule has 2 aromatic rings. The molecule has 3 heterocycles. The number of aromatic nitrogens is 2. The fraction of sp³-hybridized carbons (Fsp3) is 0.500. The van der Waals surface area contributed by atoms with E-state index in [1.54, 1.807) is 6.07 Å². The topological polar surface area (TPSA) is 46.8 Å². The molecule has 0 radical (unpaired) electrons. The summed E-state index contributed by atoms with van der Waals surface area (Å²) in [7, 11) is 3.57. The predicted octanol–water partition coefficient (Wildman–Crippen LogP) is 2.01. The molecule has 21 heavy (non-hydrogen) atoms. The predicted molar refractivity (Wildman–Crippen MR) is 80.5 cm³/mol. The van der Waals surface area contributed by atoms with E-state index in [1.165, 1.54) is 26.5 Å². The van der Waals surface area contributed by atoms with Crippen molar-refractivity contribution in [3.63, 3.8) is 0 Å². The van der Waals surface area contributed by atoms with Crippen LogP contribution in [0.25, 0.3) is 5.65 Å². The van der Waals surface area contributed by atoms with E-state index in [0.717, 1.165) is 18.7 Å². The Labute approximate surface area is 124 Å². The summed E-state index contributed by atoms with van der Waals surface area (Å²) < 4.78 is 6.73. The van der Waals surface area contributed by atoms with Crippen molar-refractivity contribution in [3.05, 3.63) is 35.8 Å². The van der Waals surface area contributed by atoms with Crippen LogP contribution < -0.4 is 0 Å². The van der Waals surface area contributed by atoms with E-state index in [-0.39, 0.29) is 5.97 Å². The van der Waals surface area contributed by atoms with Crippen molar-refractivity contribution < 1.29 is 9.53 Å². The van der Waals surface area contributed by atoms with E-state index >= 15 is 0 Å². The van der Waals surface area contributed by atoms with Crippen LogP contribution in [0.3, 0.4) is 0 Å². The zero-order valence-electron chi connectivity index (χ0n) is 12.6. The number of methoxy groups -OCH3 is 1. The van der Waals surface area contributed by atoms with Crippen LogP contribution in [0.1, 0.15) is 28.9 Å². The summed E-state index contributed by atoms with van der Waals surface area (Å²) in [6.07, 6.45) is 7.41. The van der Waals surface area contributed by atoms with Gasteiger partial charge in [0.25, 0.3) is 0 Å². The Morgan fingerprint density at radius 2 is 2.38 bits per heavy atom. The first-order valence-corrected chi connectivity index (χ1v) is 7.41. The van der Waals surface area contributed by atoms with Gasteiger partial charge in [-0.05, 0) is 50.9 Å². The quantitative estimate of drug-likeness (QED) is 0.810. The van der Waals surface area contributed by atoms with Gasteiger partial charge < -0.3 is 14.0 Å². The number of esters is 1. The molecule has 0 aromatic carbocycles. The van der Waals surface area contributed by atoms with Gasteiger partial charge in [0.2, 0.25) is 0 Å². The second-order valence-corrected chi connectivity index (χ2v) is 5.85. The van der Waals surface area contributed by atoms with Gasteiger partial charge in [-0.1, -0.05) is 0 Å². The number of carbonyl (C=O) groups excluding carboxylic acids is 1. The summed E-state index contributed by atoms with van der Waals surface area (Å²) in [5.41, 5.74) is 2.25. The summed E-state index contributed by atoms with van der Waals surface area (Å²) in [6, 6.07) is 3.60. The van der Waals surface area contributed by atoms with Crippen molar-refractivity contribution in [2.24, 2.45) is 5.92 Å². The number of hydrogen-bond acceptors (Lipinski definition) is 4. The Kier molecular flexibility index (Phi) is 3.92. The molecule has 1 atom stereocenters. The van der Waals surface area contributed by atoms with Crippen LogP contribution in [-0.4, -0.2) is 47.5 Å². The van der Waals surface area contributed by atoms with Gasteiger partial charge in [0.15, 0.2) is 5.65 Å². The maximum Gasteiger partial charge on any atom is 0.341 e. The number of fused-ring (bicyclic) bond motifs is 1. The van der Waals surface area contributed by atoms with Gasteiger partial charge in [0.1, 0.15) is 5.56 Å². The number of hydrogen-bond donors (Lipinski definition) is 0. The van der Waals surface area contributed by atoms with Crippen LogP contribution in [-0.2, 0) is 11.2 Å². The van der Waals surface area contributed by atoms with Gasteiger partial charge in [0.05, 0.1) is 12.8 Å². The standard InChI is InChI=1S/C16H21N3O2/c1-18-7-3-5-12(10-18)9-13-11-19-8-4-6-14(15(19)17-13)16(20)21-2/h4,6,8,11-12H,3,5,7,9-10H2,1-2H3. The van der Waals surface area contributed by atoms with Gasteiger partial charge in [-0.2, -0.15) is 0 Å². The molecular weight excluding hydrogens is 266 g/mol. The summed E-state index contributed by atoms with van der Waals surface area (Å²) >= 11 is 0. The lowest BCUT2D eigenvalue weighted by Gasteiger charge is -2.29. The molecule has 0 amide bonds. The first kappa shape index (κ1) is 14.1. The largest absolute Gasteiger partial charge is 0.465 e. The lowest BCUT2D eigenvalue weighted by atomic mass is 9.94. The highest BCUT2D eigenvalue weighted by molar-refractivity contribution is 5.95. The number of imidazole rings is 1. The molecule has 5 nitrogen and oxygen atoms in total. The maximum absolute atomic E-state index is 11.8. The van der Waals surface area contributed by atoms with Crippen LogP contribution in [0.15, 0.2) is 24.5 Å². The Hall–Kier alpha value is -1.88. The van der Waals surface area contributed by atoms with Gasteiger partial charge in [0, 0.05) is 18.9 Å². The van der Waals surface area contributed by atoms with E-state index in [2.05, 4.69) is 16.9 Å². The lowest BCUT2D eigenvalue weighted by Crippen LogP contribution is -2.33. The number of nitrogens with zero attached hydrogens (tertiary/aromatic N) is 3. The summed E-state index contributed by atoms with van der Waals surface area (Å²) in [4.78, 5) is 18.8. The Bertz CT molecular complexity index is 650. The summed E-state index contributed by atoms with van der Waals surface area (Å²) in [5, 5.41) is 0. The second kappa shape index (κ2) is 5.85. The number of pyridine rings is 1. The van der Waals surface area contributed by atoms with Crippen molar-refractivity contribution in [1.29, 1.82) is 0 Å². The third-order valence-electron chi connectivity index (χ3n) is 4.16. The summed E-state index contributed by atoms with van der Waals surface area (Å²) in [5.74, 6) is 0.311. The van der Waals surface area contributed by atoms with E-state index in [1.807, 2.05) is 22.9 Å². The highest BCUT2D eigenvalue weighted by atomic mass is 16.5. The minimum absolute atomic E-state index is 0.338. The molecule has 1 aliphatic heterocycles. The van der Waals surface area contributed by atoms with Crippen molar-refractivity contribution in [2.75, 3.05) is 27.2 Å². The van der Waals surface area contributed by atoms with Crippen LogP contribution in [0.5, 0.6) is 0 Å². The van der Waals surface area contributed by atoms with Crippen LogP contribution in [0.4, 0.5) is 0 Å². The molecule has 1 unspecified atom stereocenters. The normalized spacial score (nSPS) is 19.8. The molecule has 0 saturated carbocycles. The molecule has 1 saturated heterocycles. The van der Waals surface area contributed by atoms with Crippen LogP contribution in [0.2, 0.25) is 0 Å². The molecule has 3 rings (SSSR count). The number of piperidine rings is 1. The number of ether oxygens (including phenoxy) is 1. The van der Waals surface area contributed by atoms with E-state index in [4.69, 9.17) is 4.74 Å². The first-order valence-electron chi connectivity index (χ1n) is 7.41. The van der Waals surface area contributed by atoms with E-state index < -0.39 is 0 Å². The minimum Gasteiger partial charge on any atom is -0.465 e. The first-order chi connectivity index (χ1) is 10.2. The van der Waals surface area contributed by atoms with Crippen molar-refractivity contribution in [3.8, 4) is 0 Å².